The van der Waals surface area contributed by atoms with Gasteiger partial charge in [0.25, 0.3) is 5.56 Å². The number of carbonyl (C=O) groups is 1. The summed E-state index contributed by atoms with van der Waals surface area (Å²) in [7, 11) is -2.90. The molecule has 4 rings (SSSR count). The van der Waals surface area contributed by atoms with Crippen molar-refractivity contribution in [2.45, 2.75) is 12.4 Å². The van der Waals surface area contributed by atoms with Crippen LogP contribution in [0.3, 0.4) is 0 Å². The molecule has 0 spiro atoms. The van der Waals surface area contributed by atoms with Crippen LogP contribution in [0.4, 0.5) is 32.0 Å². The molecule has 0 bridgehead atoms. The van der Waals surface area contributed by atoms with Crippen LogP contribution in [0, 0.1) is 12.3 Å². The van der Waals surface area contributed by atoms with Crippen LogP contribution in [0.25, 0.3) is 22.0 Å². The molecule has 232 valence electrons. The van der Waals surface area contributed by atoms with E-state index in [2.05, 4.69) is 19.9 Å². The molecule has 0 saturated heterocycles. The van der Waals surface area contributed by atoms with Crippen LogP contribution in [0.15, 0.2) is 52.3 Å². The summed E-state index contributed by atoms with van der Waals surface area (Å²) in [5.41, 5.74) is -0.870. The first-order valence-electron chi connectivity index (χ1n) is 11.5. The number of terminal acetylenes is 1. The zero-order chi connectivity index (χ0) is 33.2. The van der Waals surface area contributed by atoms with Gasteiger partial charge in [-0.1, -0.05) is 5.92 Å². The first-order valence-corrected chi connectivity index (χ1v) is 13.4. The number of carbonyl (C=O) groups excluding carboxylic acids is 1. The normalized spacial score (nSPS) is 11.7. The Morgan fingerprint density at radius 2 is 1.70 bits per heavy atom. The highest BCUT2D eigenvalue weighted by atomic mass is 32.2. The van der Waals surface area contributed by atoms with Crippen molar-refractivity contribution >= 4 is 32.6 Å². The Labute approximate surface area is 242 Å². The topological polar surface area (TPSA) is 179 Å². The van der Waals surface area contributed by atoms with Gasteiger partial charge in [-0.2, -0.15) is 41.2 Å². The number of aromatic amines is 1. The Morgan fingerprint density at radius 3 is 2.20 bits per heavy atom. The maximum atomic E-state index is 13.5. The number of nitrogens with two attached hydrogens (primary N) is 1. The number of hydrogen-bond acceptors (Lipinski definition) is 9. The Bertz CT molecular complexity index is 2020. The highest BCUT2D eigenvalue weighted by Gasteiger charge is 2.35. The second-order valence-corrected chi connectivity index (χ2v) is 10.4. The van der Waals surface area contributed by atoms with Gasteiger partial charge >= 0.3 is 24.0 Å². The first kappa shape index (κ1) is 33.1. The van der Waals surface area contributed by atoms with Crippen LogP contribution < -0.4 is 21.8 Å². The number of rotatable bonds is 4. The molecular formula is C25H18F6N6O6S. The third-order valence-electron chi connectivity index (χ3n) is 5.55. The lowest BCUT2D eigenvalue weighted by Gasteiger charge is -2.15. The molecule has 0 unspecified atom stereocenters. The number of anilines is 1. The number of hydrogen-bond donors (Lipinski definition) is 3. The molecule has 4 aromatic rings. The lowest BCUT2D eigenvalue weighted by molar-refractivity contribution is -0.138. The van der Waals surface area contributed by atoms with Gasteiger partial charge in [0.05, 0.1) is 53.4 Å². The monoisotopic (exact) mass is 644 g/mol. The largest absolute Gasteiger partial charge is 0.465 e. The van der Waals surface area contributed by atoms with E-state index in [1.54, 1.807) is 4.83 Å². The minimum Gasteiger partial charge on any atom is -0.465 e. The fourth-order valence-corrected chi connectivity index (χ4v) is 4.19. The molecule has 0 amide bonds. The van der Waals surface area contributed by atoms with Gasteiger partial charge in [0.1, 0.15) is 0 Å². The number of methoxy groups -OCH3 is 1. The number of ether oxygens (including phenoxy) is 1. The third-order valence-corrected chi connectivity index (χ3v) is 6.06. The van der Waals surface area contributed by atoms with E-state index in [0.29, 0.717) is 18.4 Å². The van der Waals surface area contributed by atoms with Crippen LogP contribution in [0.1, 0.15) is 27.0 Å². The lowest BCUT2D eigenvalue weighted by atomic mass is 9.98. The van der Waals surface area contributed by atoms with Gasteiger partial charge in [-0.15, -0.1) is 6.42 Å². The van der Waals surface area contributed by atoms with Crippen molar-refractivity contribution in [3.8, 4) is 23.5 Å². The van der Waals surface area contributed by atoms with E-state index >= 15 is 0 Å². The fourth-order valence-electron chi connectivity index (χ4n) is 3.69. The van der Waals surface area contributed by atoms with E-state index in [1.165, 1.54) is 12.3 Å². The molecule has 0 aliphatic heterocycles. The average Bonchev–Trinajstić information content (AvgIpc) is 2.93. The molecule has 19 heteroatoms. The predicted octanol–water partition coefficient (Wildman–Crippen LogP) is 2.72. The number of sulfonamides is 1. The fraction of sp³-hybridized carbons (Fsp3) is 0.160. The standard InChI is InChI=1S/C14H10F3N5O4S.C11H8F3NO2/c1-27(25,26)21-22-12(23)9-4-8(7-2-3-18-19-6-7)10(14(15,16)17)5-11(9)20-13(22)24;1-3-6-4-7(10(16)17-2)9(15)5-8(6)11(12,13)14/h2-6,21H,1H3,(H,20,24);1,4-5H,15H2,2H3. The van der Waals surface area contributed by atoms with Crippen molar-refractivity contribution in [3.63, 3.8) is 0 Å². The van der Waals surface area contributed by atoms with E-state index in [-0.39, 0.29) is 32.4 Å². The molecule has 0 fully saturated rings. The number of nitrogens with one attached hydrogen (secondary N) is 2. The molecule has 4 N–H and O–H groups in total. The summed E-state index contributed by atoms with van der Waals surface area (Å²) >= 11 is 0. The quantitative estimate of drug-likeness (QED) is 0.130. The van der Waals surface area contributed by atoms with Crippen molar-refractivity contribution < 1.29 is 44.3 Å². The van der Waals surface area contributed by atoms with E-state index in [9.17, 15) is 49.1 Å². The maximum Gasteiger partial charge on any atom is 0.417 e. The number of aromatic nitrogens is 4. The first-order chi connectivity index (χ1) is 20.3. The molecule has 2 aromatic heterocycles. The van der Waals surface area contributed by atoms with E-state index in [0.717, 1.165) is 25.4 Å². The second kappa shape index (κ2) is 12.1. The Hall–Kier alpha value is -5.38. The van der Waals surface area contributed by atoms with E-state index < -0.39 is 61.8 Å². The van der Waals surface area contributed by atoms with Crippen LogP contribution in [0.2, 0.25) is 0 Å². The van der Waals surface area contributed by atoms with Crippen LogP contribution >= 0.6 is 0 Å². The molecule has 0 aliphatic rings. The summed E-state index contributed by atoms with van der Waals surface area (Å²) in [5.74, 6) is 1.03. The number of H-pyrrole nitrogens is 1. The molecule has 0 atom stereocenters. The van der Waals surface area contributed by atoms with Crippen molar-refractivity contribution in [3.05, 3.63) is 85.8 Å². The summed E-state index contributed by atoms with van der Waals surface area (Å²) in [6, 6.07) is 4.31. The van der Waals surface area contributed by atoms with Gasteiger partial charge in [-0.25, -0.2) is 22.8 Å². The smallest absolute Gasteiger partial charge is 0.417 e. The summed E-state index contributed by atoms with van der Waals surface area (Å²) in [6.45, 7) is 0. The molecule has 0 aliphatic carbocycles. The summed E-state index contributed by atoms with van der Waals surface area (Å²) in [4.78, 5) is 39.4. The van der Waals surface area contributed by atoms with Crippen LogP contribution in [-0.2, 0) is 27.1 Å². The number of fused-ring (bicyclic) bond motifs is 1. The Morgan fingerprint density at radius 1 is 1.07 bits per heavy atom. The van der Waals surface area contributed by atoms with Gasteiger partial charge in [0.15, 0.2) is 0 Å². The highest BCUT2D eigenvalue weighted by molar-refractivity contribution is 7.91. The molecule has 2 aromatic carbocycles. The second-order valence-electron chi connectivity index (χ2n) is 8.63. The van der Waals surface area contributed by atoms with Gasteiger partial charge in [-0.05, 0) is 35.9 Å². The van der Waals surface area contributed by atoms with Crippen LogP contribution in [0.5, 0.6) is 0 Å². The van der Waals surface area contributed by atoms with Crippen molar-refractivity contribution in [2.24, 2.45) is 0 Å². The van der Waals surface area contributed by atoms with Crippen molar-refractivity contribution in [1.82, 2.24) is 19.9 Å². The van der Waals surface area contributed by atoms with Gasteiger partial charge in [-0.3, -0.25) is 4.79 Å². The van der Waals surface area contributed by atoms with Crippen LogP contribution in [-0.4, -0.2) is 47.6 Å². The Kier molecular flexibility index (Phi) is 9.10. The summed E-state index contributed by atoms with van der Waals surface area (Å²) in [5, 5.41) is 6.68. The SMILES string of the molecule is C#Cc1cc(C(=O)OC)c(N)cc1C(F)(F)F.CS(=O)(=O)Nn1c(=O)[nH]c2cc(C(F)(F)F)c(-c3ccnnc3)cc2c1=O. The molecule has 44 heavy (non-hydrogen) atoms. The number of nitrogens with zero attached hydrogens (tertiary/aromatic N) is 3. The zero-order valence-corrected chi connectivity index (χ0v) is 23.0. The molecule has 0 radical (unpaired) electrons. The molecule has 0 saturated carbocycles. The Balaban J connectivity index is 0.000000269. The lowest BCUT2D eigenvalue weighted by Crippen LogP contribution is -2.43. The maximum absolute atomic E-state index is 13.5. The van der Waals surface area contributed by atoms with Gasteiger partial charge in [0, 0.05) is 16.8 Å². The number of alkyl halides is 6. The molecule has 12 nitrogen and oxygen atoms in total. The minimum atomic E-state index is -4.79. The predicted molar refractivity (Wildman–Crippen MR) is 144 cm³/mol. The number of esters is 1. The third kappa shape index (κ3) is 7.33. The van der Waals surface area contributed by atoms with E-state index in [1.807, 2.05) is 5.92 Å². The van der Waals surface area contributed by atoms with Crippen molar-refractivity contribution in [1.29, 1.82) is 0 Å². The number of nitrogen functional groups attached to an aromatic ring is 1. The minimum absolute atomic E-state index is 0.0347. The average molecular weight is 645 g/mol. The summed E-state index contributed by atoms with van der Waals surface area (Å²) < 4.78 is 105. The van der Waals surface area contributed by atoms with Crippen molar-refractivity contribution in [2.75, 3.05) is 23.9 Å². The summed E-state index contributed by atoms with van der Waals surface area (Å²) in [6.07, 6.45) is -1.48. The van der Waals surface area contributed by atoms with Gasteiger partial charge in [0.2, 0.25) is 10.0 Å². The van der Waals surface area contributed by atoms with Gasteiger partial charge < -0.3 is 15.5 Å². The number of benzene rings is 2. The van der Waals surface area contributed by atoms with E-state index in [4.69, 9.17) is 12.2 Å². The highest BCUT2D eigenvalue weighted by Crippen LogP contribution is 2.38. The molecular weight excluding hydrogens is 626 g/mol. The number of halogens is 6. The zero-order valence-electron chi connectivity index (χ0n) is 22.2. The molecule has 2 heterocycles.